The fraction of sp³-hybridized carbons (Fsp3) is 0.556. The minimum atomic E-state index is -0.579. The van der Waals surface area contributed by atoms with Crippen LogP contribution in [0.4, 0.5) is 11.6 Å². The van der Waals surface area contributed by atoms with E-state index in [9.17, 15) is 5.11 Å². The molecule has 1 saturated heterocycles. The predicted molar refractivity (Wildman–Crippen MR) is 142 cm³/mol. The second-order valence-electron chi connectivity index (χ2n) is 8.89. The summed E-state index contributed by atoms with van der Waals surface area (Å²) >= 11 is 0. The fourth-order valence-electron chi connectivity index (χ4n) is 3.31. The molecule has 6 heteroatoms. The Balaban J connectivity index is 0.000000688. The number of nitrogens with one attached hydrogen (secondary N) is 1. The molecule has 3 rings (SSSR count). The largest absolute Gasteiger partial charge is 0.387 e. The molecule has 1 aliphatic heterocycles. The van der Waals surface area contributed by atoms with Crippen molar-refractivity contribution in [2.24, 2.45) is 0 Å². The van der Waals surface area contributed by atoms with E-state index in [4.69, 9.17) is 0 Å². The number of hydrogen-bond acceptors (Lipinski definition) is 6. The Bertz CT molecular complexity index is 779. The molecule has 0 bridgehead atoms. The molecule has 2 N–H and O–H groups in total. The molecule has 0 saturated carbocycles. The molecule has 1 aromatic heterocycles. The highest BCUT2D eigenvalue weighted by molar-refractivity contribution is 5.49. The zero-order valence-electron chi connectivity index (χ0n) is 21.6. The minimum absolute atomic E-state index is 0.00203. The van der Waals surface area contributed by atoms with Crippen molar-refractivity contribution in [3.8, 4) is 0 Å². The van der Waals surface area contributed by atoms with Crippen LogP contribution < -0.4 is 10.2 Å². The standard InChI is InChI=1S/C20H27N5O.C4H10.C3H8/c1-4-25-11-10-24(14-20(25,2)3)19-12-18(22-15-23-19)21-13-17(26)16-8-6-5-7-9-16;1-3-4-2;1-3-2/h4-9,12,15,17,26H,1,10-11,13-14H2,2-3H3,(H,21,22,23);3-4H2,1-2H3;3H2,1-2H3. The summed E-state index contributed by atoms with van der Waals surface area (Å²) in [5, 5.41) is 13.5. The van der Waals surface area contributed by atoms with Crippen LogP contribution in [0.15, 0.2) is 55.5 Å². The van der Waals surface area contributed by atoms with Crippen LogP contribution in [-0.4, -0.2) is 51.7 Å². The number of rotatable bonds is 7. The molecule has 33 heavy (non-hydrogen) atoms. The van der Waals surface area contributed by atoms with E-state index < -0.39 is 6.10 Å². The molecule has 0 aliphatic carbocycles. The van der Waals surface area contributed by atoms with Gasteiger partial charge in [0.1, 0.15) is 18.0 Å². The molecular formula is C27H45N5O. The van der Waals surface area contributed by atoms with E-state index in [0.29, 0.717) is 12.4 Å². The second-order valence-corrected chi connectivity index (χ2v) is 8.89. The maximum Gasteiger partial charge on any atom is 0.134 e. The van der Waals surface area contributed by atoms with Gasteiger partial charge in [0.2, 0.25) is 0 Å². The van der Waals surface area contributed by atoms with Gasteiger partial charge in [-0.3, -0.25) is 0 Å². The van der Waals surface area contributed by atoms with Gasteiger partial charge < -0.3 is 20.2 Å². The lowest BCUT2D eigenvalue weighted by atomic mass is 9.99. The molecule has 2 heterocycles. The lowest BCUT2D eigenvalue weighted by molar-refractivity contribution is 0.165. The van der Waals surface area contributed by atoms with Crippen LogP contribution in [0.5, 0.6) is 0 Å². The molecule has 184 valence electrons. The van der Waals surface area contributed by atoms with Gasteiger partial charge in [-0.25, -0.2) is 9.97 Å². The van der Waals surface area contributed by atoms with Crippen molar-refractivity contribution < 1.29 is 5.11 Å². The van der Waals surface area contributed by atoms with E-state index in [1.807, 2.05) is 42.6 Å². The quantitative estimate of drug-likeness (QED) is 0.543. The number of hydrogen-bond donors (Lipinski definition) is 2. The number of piperazine rings is 1. The monoisotopic (exact) mass is 455 g/mol. The van der Waals surface area contributed by atoms with Crippen molar-refractivity contribution in [2.75, 3.05) is 36.4 Å². The van der Waals surface area contributed by atoms with Crippen LogP contribution >= 0.6 is 0 Å². The van der Waals surface area contributed by atoms with E-state index in [-0.39, 0.29) is 5.54 Å². The summed E-state index contributed by atoms with van der Waals surface area (Å²) in [6.45, 7) is 20.0. The summed E-state index contributed by atoms with van der Waals surface area (Å²) in [5.74, 6) is 1.61. The number of nitrogens with zero attached hydrogens (tertiary/aromatic N) is 4. The predicted octanol–water partition coefficient (Wildman–Crippen LogP) is 5.89. The van der Waals surface area contributed by atoms with Crippen molar-refractivity contribution in [3.05, 3.63) is 61.1 Å². The van der Waals surface area contributed by atoms with Gasteiger partial charge in [-0.15, -0.1) is 0 Å². The SMILES string of the molecule is C=CN1CCN(c2cc(NCC(O)c3ccccc3)ncn2)CC1(C)C.CCC.CCCC. The van der Waals surface area contributed by atoms with Crippen LogP contribution in [0.3, 0.4) is 0 Å². The number of aliphatic hydroxyl groups excluding tert-OH is 1. The highest BCUT2D eigenvalue weighted by Gasteiger charge is 2.32. The van der Waals surface area contributed by atoms with Crippen molar-refractivity contribution in [1.82, 2.24) is 14.9 Å². The number of aliphatic hydroxyl groups is 1. The number of benzene rings is 1. The first kappa shape index (κ1) is 28.4. The van der Waals surface area contributed by atoms with Gasteiger partial charge in [-0.1, -0.05) is 83.9 Å². The summed E-state index contributed by atoms with van der Waals surface area (Å²) in [7, 11) is 0. The van der Waals surface area contributed by atoms with E-state index in [1.165, 1.54) is 19.3 Å². The zero-order chi connectivity index (χ0) is 24.7. The van der Waals surface area contributed by atoms with E-state index in [2.05, 4.69) is 73.2 Å². The normalized spacial score (nSPS) is 15.4. The van der Waals surface area contributed by atoms with Crippen LogP contribution in [-0.2, 0) is 0 Å². The molecule has 1 atom stereocenters. The summed E-state index contributed by atoms with van der Waals surface area (Å²) < 4.78 is 0. The smallest absolute Gasteiger partial charge is 0.134 e. The van der Waals surface area contributed by atoms with Gasteiger partial charge in [0.15, 0.2) is 0 Å². The number of aromatic nitrogens is 2. The van der Waals surface area contributed by atoms with Gasteiger partial charge >= 0.3 is 0 Å². The lowest BCUT2D eigenvalue weighted by Gasteiger charge is -2.47. The second kappa shape index (κ2) is 15.3. The van der Waals surface area contributed by atoms with Gasteiger partial charge in [-0.05, 0) is 25.6 Å². The fourth-order valence-corrected chi connectivity index (χ4v) is 3.31. The molecule has 1 aromatic carbocycles. The molecule has 0 radical (unpaired) electrons. The number of anilines is 2. The average molecular weight is 456 g/mol. The maximum absolute atomic E-state index is 10.3. The molecule has 6 nitrogen and oxygen atoms in total. The van der Waals surface area contributed by atoms with Gasteiger partial charge in [-0.2, -0.15) is 0 Å². The van der Waals surface area contributed by atoms with Gasteiger partial charge in [0.05, 0.1) is 11.6 Å². The summed E-state index contributed by atoms with van der Waals surface area (Å²) in [6, 6.07) is 11.6. The Labute approximate surface area is 201 Å². The van der Waals surface area contributed by atoms with E-state index in [0.717, 1.165) is 31.0 Å². The Morgan fingerprint density at radius 3 is 2.27 bits per heavy atom. The third-order valence-corrected chi connectivity index (χ3v) is 5.32. The first-order valence-corrected chi connectivity index (χ1v) is 12.3. The average Bonchev–Trinajstić information content (AvgIpc) is 2.83. The minimum Gasteiger partial charge on any atom is -0.387 e. The molecule has 1 fully saturated rings. The molecule has 1 unspecified atom stereocenters. The topological polar surface area (TPSA) is 64.5 Å². The molecule has 1 aliphatic rings. The first-order chi connectivity index (χ1) is 15.8. The lowest BCUT2D eigenvalue weighted by Crippen LogP contribution is -2.57. The van der Waals surface area contributed by atoms with Crippen molar-refractivity contribution >= 4 is 11.6 Å². The zero-order valence-corrected chi connectivity index (χ0v) is 21.6. The Morgan fingerprint density at radius 1 is 1.09 bits per heavy atom. The Morgan fingerprint density at radius 2 is 1.73 bits per heavy atom. The van der Waals surface area contributed by atoms with Crippen LogP contribution in [0.2, 0.25) is 0 Å². The summed E-state index contributed by atoms with van der Waals surface area (Å²) in [6.07, 6.45) is 6.79. The van der Waals surface area contributed by atoms with Gasteiger partial charge in [0.25, 0.3) is 0 Å². The Hall–Kier alpha value is -2.60. The van der Waals surface area contributed by atoms with Gasteiger partial charge in [0, 0.05) is 32.2 Å². The highest BCUT2D eigenvalue weighted by Crippen LogP contribution is 2.25. The maximum atomic E-state index is 10.3. The van der Waals surface area contributed by atoms with E-state index >= 15 is 0 Å². The van der Waals surface area contributed by atoms with E-state index in [1.54, 1.807) is 6.33 Å². The summed E-state index contributed by atoms with van der Waals surface area (Å²) in [5.41, 5.74) is 0.888. The molecule has 2 aromatic rings. The van der Waals surface area contributed by atoms with Crippen LogP contribution in [0, 0.1) is 0 Å². The molecular weight excluding hydrogens is 410 g/mol. The summed E-state index contributed by atoms with van der Waals surface area (Å²) in [4.78, 5) is 13.2. The molecule has 0 amide bonds. The third-order valence-electron chi connectivity index (χ3n) is 5.32. The Kier molecular flexibility index (Phi) is 13.2. The van der Waals surface area contributed by atoms with Crippen molar-refractivity contribution in [2.45, 2.75) is 72.4 Å². The van der Waals surface area contributed by atoms with Crippen LogP contribution in [0.1, 0.15) is 72.5 Å². The first-order valence-electron chi connectivity index (χ1n) is 12.3. The van der Waals surface area contributed by atoms with Crippen LogP contribution in [0.25, 0.3) is 0 Å². The molecule has 0 spiro atoms. The third kappa shape index (κ3) is 9.82. The highest BCUT2D eigenvalue weighted by atomic mass is 16.3. The van der Waals surface area contributed by atoms with Crippen molar-refractivity contribution in [3.63, 3.8) is 0 Å². The van der Waals surface area contributed by atoms with Crippen molar-refractivity contribution in [1.29, 1.82) is 0 Å². The number of unbranched alkanes of at least 4 members (excludes halogenated alkanes) is 1.